The minimum absolute atomic E-state index is 0.0369. The minimum atomic E-state index is -0.0410. The number of aryl methyl sites for hydroxylation is 1. The van der Waals surface area contributed by atoms with Gasteiger partial charge < -0.3 is 5.32 Å². The van der Waals surface area contributed by atoms with E-state index in [-0.39, 0.29) is 17.9 Å². The van der Waals surface area contributed by atoms with E-state index in [9.17, 15) is 4.79 Å². The summed E-state index contributed by atoms with van der Waals surface area (Å²) in [6.07, 6.45) is 2.69. The van der Waals surface area contributed by atoms with Gasteiger partial charge in [-0.25, -0.2) is 4.68 Å². The minimum Gasteiger partial charge on any atom is -0.349 e. The Labute approximate surface area is 132 Å². The number of carbonyl (C=O) groups excluding carboxylic acids is 1. The first-order chi connectivity index (χ1) is 10.4. The van der Waals surface area contributed by atoms with E-state index in [1.807, 2.05) is 38.6 Å². The predicted molar refractivity (Wildman–Crippen MR) is 89.1 cm³/mol. The van der Waals surface area contributed by atoms with Crippen molar-refractivity contribution >= 4 is 5.91 Å². The van der Waals surface area contributed by atoms with Crippen LogP contribution in [0.3, 0.4) is 0 Å². The maximum absolute atomic E-state index is 12.0. The number of rotatable bonds is 5. The molecule has 1 heterocycles. The molecule has 4 nitrogen and oxygen atoms in total. The number of amides is 1. The zero-order valence-electron chi connectivity index (χ0n) is 14.1. The van der Waals surface area contributed by atoms with Crippen LogP contribution >= 0.6 is 0 Å². The van der Waals surface area contributed by atoms with Gasteiger partial charge in [0.25, 0.3) is 0 Å². The predicted octanol–water partition coefficient (Wildman–Crippen LogP) is 3.71. The van der Waals surface area contributed by atoms with Crippen LogP contribution in [-0.2, 0) is 4.79 Å². The van der Waals surface area contributed by atoms with Gasteiger partial charge in [0.15, 0.2) is 0 Å². The van der Waals surface area contributed by atoms with Crippen LogP contribution in [0, 0.1) is 19.8 Å². The molecule has 4 heteroatoms. The van der Waals surface area contributed by atoms with Crippen LogP contribution in [0.4, 0.5) is 0 Å². The average molecular weight is 299 g/mol. The zero-order valence-corrected chi connectivity index (χ0v) is 14.1. The number of hydrogen-bond donors (Lipinski definition) is 1. The molecule has 0 radical (unpaired) electrons. The highest BCUT2D eigenvalue weighted by Gasteiger charge is 2.18. The summed E-state index contributed by atoms with van der Waals surface area (Å²) in [6, 6.07) is 8.22. The fourth-order valence-corrected chi connectivity index (χ4v) is 2.41. The summed E-state index contributed by atoms with van der Waals surface area (Å²) in [5.74, 6) is 0.132. The molecule has 0 unspecified atom stereocenters. The van der Waals surface area contributed by atoms with E-state index in [0.717, 1.165) is 23.4 Å². The summed E-state index contributed by atoms with van der Waals surface area (Å²) in [7, 11) is 0. The zero-order chi connectivity index (χ0) is 16.3. The van der Waals surface area contributed by atoms with Gasteiger partial charge in [-0.15, -0.1) is 0 Å². The molecule has 0 aliphatic heterocycles. The molecule has 1 amide bonds. The number of carbonyl (C=O) groups is 1. The molecule has 1 aromatic carbocycles. The van der Waals surface area contributed by atoms with Crippen LogP contribution in [0.2, 0.25) is 0 Å². The van der Waals surface area contributed by atoms with Gasteiger partial charge in [-0.05, 0) is 39.3 Å². The summed E-state index contributed by atoms with van der Waals surface area (Å²) in [4.78, 5) is 12.0. The second-order valence-corrected chi connectivity index (χ2v) is 5.97. The van der Waals surface area contributed by atoms with Crippen molar-refractivity contribution in [2.24, 2.45) is 5.92 Å². The maximum Gasteiger partial charge on any atom is 0.223 e. The SMILES string of the molecule is CC[C@@H](C)C(=O)N[C@H](C)c1cnn(-c2ccc(C)cc2)c1C. The second kappa shape index (κ2) is 6.77. The monoisotopic (exact) mass is 299 g/mol. The lowest BCUT2D eigenvalue weighted by molar-refractivity contribution is -0.125. The van der Waals surface area contributed by atoms with Crippen molar-refractivity contribution in [3.63, 3.8) is 0 Å². The third kappa shape index (κ3) is 3.38. The molecule has 0 spiro atoms. The summed E-state index contributed by atoms with van der Waals surface area (Å²) >= 11 is 0. The Morgan fingerprint density at radius 3 is 2.45 bits per heavy atom. The Morgan fingerprint density at radius 2 is 1.86 bits per heavy atom. The normalized spacial score (nSPS) is 13.7. The molecule has 0 saturated heterocycles. The van der Waals surface area contributed by atoms with Gasteiger partial charge in [0, 0.05) is 17.2 Å². The van der Waals surface area contributed by atoms with E-state index in [4.69, 9.17) is 0 Å². The van der Waals surface area contributed by atoms with Crippen LogP contribution in [0.1, 0.15) is 50.1 Å². The summed E-state index contributed by atoms with van der Waals surface area (Å²) < 4.78 is 1.92. The second-order valence-electron chi connectivity index (χ2n) is 5.97. The Bertz CT molecular complexity index is 643. The van der Waals surface area contributed by atoms with Gasteiger partial charge in [0.2, 0.25) is 5.91 Å². The fraction of sp³-hybridized carbons (Fsp3) is 0.444. The summed E-state index contributed by atoms with van der Waals surface area (Å²) in [5, 5.41) is 7.54. The lowest BCUT2D eigenvalue weighted by Crippen LogP contribution is -2.31. The van der Waals surface area contributed by atoms with Crippen molar-refractivity contribution in [2.75, 3.05) is 0 Å². The molecule has 0 aliphatic carbocycles. The Hall–Kier alpha value is -2.10. The van der Waals surface area contributed by atoms with Crippen LogP contribution < -0.4 is 5.32 Å². The lowest BCUT2D eigenvalue weighted by Gasteiger charge is -2.17. The van der Waals surface area contributed by atoms with Crippen LogP contribution in [-0.4, -0.2) is 15.7 Å². The van der Waals surface area contributed by atoms with Crippen molar-refractivity contribution in [3.05, 3.63) is 47.3 Å². The molecule has 0 aliphatic rings. The topological polar surface area (TPSA) is 46.9 Å². The highest BCUT2D eigenvalue weighted by Crippen LogP contribution is 2.21. The van der Waals surface area contributed by atoms with Gasteiger partial charge in [-0.2, -0.15) is 5.10 Å². The third-order valence-electron chi connectivity index (χ3n) is 4.21. The molecule has 0 saturated carbocycles. The Kier molecular flexibility index (Phi) is 5.01. The van der Waals surface area contributed by atoms with Gasteiger partial charge in [0.05, 0.1) is 17.9 Å². The van der Waals surface area contributed by atoms with E-state index in [1.54, 1.807) is 0 Å². The van der Waals surface area contributed by atoms with Crippen molar-refractivity contribution in [1.82, 2.24) is 15.1 Å². The Balaban J connectivity index is 2.20. The van der Waals surface area contributed by atoms with Crippen molar-refractivity contribution < 1.29 is 4.79 Å². The first-order valence-electron chi connectivity index (χ1n) is 7.86. The quantitative estimate of drug-likeness (QED) is 0.914. The first kappa shape index (κ1) is 16.3. The highest BCUT2D eigenvalue weighted by atomic mass is 16.1. The largest absolute Gasteiger partial charge is 0.349 e. The van der Waals surface area contributed by atoms with E-state index < -0.39 is 0 Å². The van der Waals surface area contributed by atoms with E-state index >= 15 is 0 Å². The lowest BCUT2D eigenvalue weighted by atomic mass is 10.1. The smallest absolute Gasteiger partial charge is 0.223 e. The van der Waals surface area contributed by atoms with Gasteiger partial charge >= 0.3 is 0 Å². The van der Waals surface area contributed by atoms with Gasteiger partial charge in [-0.1, -0.05) is 31.5 Å². The van der Waals surface area contributed by atoms with Crippen LogP contribution in [0.5, 0.6) is 0 Å². The van der Waals surface area contributed by atoms with Crippen molar-refractivity contribution in [2.45, 2.75) is 47.1 Å². The number of aromatic nitrogens is 2. The Morgan fingerprint density at radius 1 is 1.23 bits per heavy atom. The molecule has 118 valence electrons. The van der Waals surface area contributed by atoms with E-state index in [2.05, 4.69) is 41.6 Å². The highest BCUT2D eigenvalue weighted by molar-refractivity contribution is 5.78. The molecule has 2 aromatic rings. The maximum atomic E-state index is 12.0. The molecular formula is C18H25N3O. The first-order valence-corrected chi connectivity index (χ1v) is 7.86. The number of nitrogens with zero attached hydrogens (tertiary/aromatic N) is 2. The number of nitrogens with one attached hydrogen (secondary N) is 1. The number of hydrogen-bond acceptors (Lipinski definition) is 2. The summed E-state index contributed by atoms with van der Waals surface area (Å²) in [6.45, 7) is 10.1. The number of benzene rings is 1. The van der Waals surface area contributed by atoms with Crippen molar-refractivity contribution in [3.8, 4) is 5.69 Å². The molecule has 2 atom stereocenters. The molecule has 2 rings (SSSR count). The molecular weight excluding hydrogens is 274 g/mol. The molecule has 0 bridgehead atoms. The van der Waals surface area contributed by atoms with Crippen LogP contribution in [0.25, 0.3) is 5.69 Å². The standard InChI is InChI=1S/C18H25N3O/c1-6-13(3)18(22)20-14(4)17-11-19-21(15(17)5)16-9-7-12(2)8-10-16/h7-11,13-14H,6H2,1-5H3,(H,20,22)/t13-,14-/m1/s1. The van der Waals surface area contributed by atoms with E-state index in [1.165, 1.54) is 5.56 Å². The van der Waals surface area contributed by atoms with E-state index in [0.29, 0.717) is 0 Å². The van der Waals surface area contributed by atoms with Crippen molar-refractivity contribution in [1.29, 1.82) is 0 Å². The molecule has 0 fully saturated rings. The fourth-order valence-electron chi connectivity index (χ4n) is 2.41. The summed E-state index contributed by atoms with van der Waals surface area (Å²) in [5.41, 5.74) is 4.37. The van der Waals surface area contributed by atoms with Crippen LogP contribution in [0.15, 0.2) is 30.5 Å². The molecule has 1 N–H and O–H groups in total. The molecule has 22 heavy (non-hydrogen) atoms. The average Bonchev–Trinajstić information content (AvgIpc) is 2.89. The third-order valence-corrected chi connectivity index (χ3v) is 4.21. The van der Waals surface area contributed by atoms with Gasteiger partial charge in [0.1, 0.15) is 0 Å². The molecule has 1 aromatic heterocycles. The van der Waals surface area contributed by atoms with Gasteiger partial charge in [-0.3, -0.25) is 4.79 Å².